The van der Waals surface area contributed by atoms with Crippen LogP contribution < -0.4 is 0 Å². The number of hydrogen-bond acceptors (Lipinski definition) is 3. The first kappa shape index (κ1) is 7.56. The van der Waals surface area contributed by atoms with Crippen LogP contribution in [0.1, 0.15) is 12.2 Å². The third kappa shape index (κ3) is 1.27. The summed E-state index contributed by atoms with van der Waals surface area (Å²) in [4.78, 5) is 6.51. The molecule has 3 rings (SSSR count). The molecular weight excluding hydrogens is 164 g/mol. The minimum atomic E-state index is 0.821. The standard InChI is InChI=1S/C10H14N2O/c1-2-12-5-8(1)9(6-12)3-10-4-11-7-13-10/h4,7-9H,1-3,5-6H2. The predicted octanol–water partition coefficient (Wildman–Crippen LogP) is 1.17. The third-order valence-corrected chi connectivity index (χ3v) is 3.42. The maximum atomic E-state index is 5.27. The molecule has 0 N–H and O–H groups in total. The van der Waals surface area contributed by atoms with Crippen molar-refractivity contribution < 1.29 is 4.42 Å². The largest absolute Gasteiger partial charge is 0.449 e. The van der Waals surface area contributed by atoms with E-state index in [0.29, 0.717) is 0 Å². The van der Waals surface area contributed by atoms with E-state index in [4.69, 9.17) is 4.42 Å². The van der Waals surface area contributed by atoms with Crippen LogP contribution in [0, 0.1) is 11.8 Å². The molecule has 0 amide bonds. The first-order valence-corrected chi connectivity index (χ1v) is 5.01. The van der Waals surface area contributed by atoms with Crippen molar-refractivity contribution in [3.05, 3.63) is 18.4 Å². The Bertz CT molecular complexity index is 283. The molecule has 3 unspecified atom stereocenters. The lowest BCUT2D eigenvalue weighted by molar-refractivity contribution is 0.288. The summed E-state index contributed by atoms with van der Waals surface area (Å²) in [5, 5.41) is 0. The maximum absolute atomic E-state index is 5.27. The molecule has 2 aliphatic rings. The molecule has 1 aromatic rings. The van der Waals surface area contributed by atoms with Gasteiger partial charge in [0.05, 0.1) is 6.20 Å². The van der Waals surface area contributed by atoms with Crippen molar-refractivity contribution in [3.63, 3.8) is 0 Å². The van der Waals surface area contributed by atoms with Gasteiger partial charge in [0.1, 0.15) is 5.76 Å². The highest BCUT2D eigenvalue weighted by atomic mass is 16.3. The predicted molar refractivity (Wildman–Crippen MR) is 48.2 cm³/mol. The lowest BCUT2D eigenvalue weighted by Crippen LogP contribution is -2.24. The molecule has 0 saturated carbocycles. The molecule has 13 heavy (non-hydrogen) atoms. The first-order valence-electron chi connectivity index (χ1n) is 5.01. The fourth-order valence-electron chi connectivity index (χ4n) is 2.73. The molecule has 0 spiro atoms. The Morgan fingerprint density at radius 1 is 1.54 bits per heavy atom. The minimum absolute atomic E-state index is 0.821. The van der Waals surface area contributed by atoms with Gasteiger partial charge in [-0.2, -0.15) is 0 Å². The fourth-order valence-corrected chi connectivity index (χ4v) is 2.73. The summed E-state index contributed by atoms with van der Waals surface area (Å²) in [6, 6.07) is 0. The van der Waals surface area contributed by atoms with Gasteiger partial charge >= 0.3 is 0 Å². The summed E-state index contributed by atoms with van der Waals surface area (Å²) in [5.41, 5.74) is 0. The molecule has 3 nitrogen and oxygen atoms in total. The fraction of sp³-hybridized carbons (Fsp3) is 0.700. The van der Waals surface area contributed by atoms with Gasteiger partial charge in [0.15, 0.2) is 6.39 Å². The Morgan fingerprint density at radius 2 is 2.54 bits per heavy atom. The number of rotatable bonds is 2. The van der Waals surface area contributed by atoms with Crippen molar-refractivity contribution in [2.75, 3.05) is 19.6 Å². The van der Waals surface area contributed by atoms with Gasteiger partial charge < -0.3 is 9.32 Å². The van der Waals surface area contributed by atoms with Crippen molar-refractivity contribution in [1.82, 2.24) is 9.88 Å². The summed E-state index contributed by atoms with van der Waals surface area (Å²) in [6.45, 7) is 3.90. The van der Waals surface area contributed by atoms with E-state index in [1.54, 1.807) is 0 Å². The molecule has 3 heteroatoms. The maximum Gasteiger partial charge on any atom is 0.180 e. The second-order valence-electron chi connectivity index (χ2n) is 4.24. The highest BCUT2D eigenvalue weighted by Gasteiger charge is 2.37. The second-order valence-corrected chi connectivity index (χ2v) is 4.24. The Labute approximate surface area is 77.7 Å². The van der Waals surface area contributed by atoms with E-state index < -0.39 is 0 Å². The van der Waals surface area contributed by atoms with Gasteiger partial charge in [-0.05, 0) is 24.8 Å². The number of aromatic nitrogens is 1. The second kappa shape index (κ2) is 2.84. The number of fused-ring (bicyclic) bond motifs is 2. The van der Waals surface area contributed by atoms with Gasteiger partial charge in [0.25, 0.3) is 0 Å². The highest BCUT2D eigenvalue weighted by Crippen LogP contribution is 2.34. The van der Waals surface area contributed by atoms with Crippen molar-refractivity contribution in [1.29, 1.82) is 0 Å². The Balaban J connectivity index is 1.68. The van der Waals surface area contributed by atoms with Gasteiger partial charge in [-0.15, -0.1) is 0 Å². The molecule has 3 heterocycles. The molecule has 0 aromatic carbocycles. The molecule has 2 aliphatic heterocycles. The van der Waals surface area contributed by atoms with Crippen molar-refractivity contribution in [2.45, 2.75) is 12.8 Å². The van der Waals surface area contributed by atoms with E-state index in [9.17, 15) is 0 Å². The third-order valence-electron chi connectivity index (χ3n) is 3.42. The van der Waals surface area contributed by atoms with E-state index in [1.165, 1.54) is 32.4 Å². The van der Waals surface area contributed by atoms with Crippen molar-refractivity contribution in [3.8, 4) is 0 Å². The van der Waals surface area contributed by atoms with Gasteiger partial charge in [-0.1, -0.05) is 0 Å². The molecule has 0 aliphatic carbocycles. The highest BCUT2D eigenvalue weighted by molar-refractivity contribution is 4.98. The molecular formula is C10H14N2O. The summed E-state index contributed by atoms with van der Waals surface area (Å²) in [6.07, 6.45) is 5.85. The summed E-state index contributed by atoms with van der Waals surface area (Å²) < 4.78 is 5.27. The van der Waals surface area contributed by atoms with Crippen LogP contribution in [0.5, 0.6) is 0 Å². The molecule has 2 bridgehead atoms. The van der Waals surface area contributed by atoms with Crippen LogP contribution in [0.4, 0.5) is 0 Å². The molecule has 70 valence electrons. The molecule has 0 radical (unpaired) electrons. The van der Waals surface area contributed by atoms with Crippen LogP contribution in [0.15, 0.2) is 17.0 Å². The lowest BCUT2D eigenvalue weighted by Gasteiger charge is -2.20. The van der Waals surface area contributed by atoms with E-state index in [2.05, 4.69) is 9.88 Å². The average Bonchev–Trinajstić information content (AvgIpc) is 2.77. The number of oxazole rings is 1. The van der Waals surface area contributed by atoms with Crippen LogP contribution in [-0.4, -0.2) is 29.5 Å². The smallest absolute Gasteiger partial charge is 0.180 e. The summed E-state index contributed by atoms with van der Waals surface area (Å²) >= 11 is 0. The number of nitrogens with zero attached hydrogens (tertiary/aromatic N) is 2. The van der Waals surface area contributed by atoms with Gasteiger partial charge in [-0.3, -0.25) is 0 Å². The monoisotopic (exact) mass is 178 g/mol. The Kier molecular flexibility index (Phi) is 1.65. The van der Waals surface area contributed by atoms with E-state index >= 15 is 0 Å². The topological polar surface area (TPSA) is 29.3 Å². The quantitative estimate of drug-likeness (QED) is 0.680. The van der Waals surface area contributed by atoms with Gasteiger partial charge in [0, 0.05) is 19.5 Å². The van der Waals surface area contributed by atoms with Crippen LogP contribution in [0.25, 0.3) is 0 Å². The Hall–Kier alpha value is -0.830. The zero-order chi connectivity index (χ0) is 8.67. The number of hydrogen-bond donors (Lipinski definition) is 0. The van der Waals surface area contributed by atoms with Crippen molar-refractivity contribution >= 4 is 0 Å². The van der Waals surface area contributed by atoms with Crippen LogP contribution in [0.3, 0.4) is 0 Å². The summed E-state index contributed by atoms with van der Waals surface area (Å²) in [7, 11) is 0. The summed E-state index contributed by atoms with van der Waals surface area (Å²) in [5.74, 6) is 2.80. The SMILES string of the molecule is c1ncc(CC2CN3CCC2C3)o1. The van der Waals surface area contributed by atoms with E-state index in [0.717, 1.165) is 24.0 Å². The molecule has 2 fully saturated rings. The van der Waals surface area contributed by atoms with Crippen LogP contribution in [-0.2, 0) is 6.42 Å². The number of piperidine rings is 1. The average molecular weight is 178 g/mol. The van der Waals surface area contributed by atoms with E-state index in [-0.39, 0.29) is 0 Å². The lowest BCUT2D eigenvalue weighted by atomic mass is 9.89. The van der Waals surface area contributed by atoms with Crippen LogP contribution >= 0.6 is 0 Å². The first-order chi connectivity index (χ1) is 6.42. The Morgan fingerprint density at radius 3 is 3.15 bits per heavy atom. The minimum Gasteiger partial charge on any atom is -0.449 e. The van der Waals surface area contributed by atoms with Crippen LogP contribution in [0.2, 0.25) is 0 Å². The normalized spacial score (nSPS) is 37.1. The molecule has 2 saturated heterocycles. The zero-order valence-electron chi connectivity index (χ0n) is 7.65. The molecule has 1 aromatic heterocycles. The zero-order valence-corrected chi connectivity index (χ0v) is 7.65. The molecule has 3 atom stereocenters. The van der Waals surface area contributed by atoms with E-state index in [1.807, 2.05) is 6.20 Å². The van der Waals surface area contributed by atoms with Crippen molar-refractivity contribution in [2.24, 2.45) is 11.8 Å². The van der Waals surface area contributed by atoms with Gasteiger partial charge in [-0.25, -0.2) is 4.98 Å². The van der Waals surface area contributed by atoms with Gasteiger partial charge in [0.2, 0.25) is 0 Å².